The predicted octanol–water partition coefficient (Wildman–Crippen LogP) is 2.43. The van der Waals surface area contributed by atoms with Crippen molar-refractivity contribution in [2.45, 2.75) is 0 Å². The van der Waals surface area contributed by atoms with Gasteiger partial charge >= 0.3 is 0 Å². The first kappa shape index (κ1) is 8.52. The normalized spacial score (nSPS) is 10.0. The number of nitriles is 1. The Morgan fingerprint density at radius 3 is 2.71 bits per heavy atom. The van der Waals surface area contributed by atoms with Crippen LogP contribution < -0.4 is 5.73 Å². The van der Waals surface area contributed by atoms with Gasteiger partial charge in [0.15, 0.2) is 0 Å². The van der Waals surface area contributed by atoms with E-state index >= 15 is 0 Å². The average molecular weight is 186 g/mol. The lowest BCUT2D eigenvalue weighted by Gasteiger charge is -2.04. The Labute approximate surface area is 80.4 Å². The van der Waals surface area contributed by atoms with Gasteiger partial charge in [-0.3, -0.25) is 0 Å². The molecule has 0 aliphatic heterocycles. The second kappa shape index (κ2) is 3.00. The number of nitrogen functional groups attached to an aromatic ring is 1. The highest BCUT2D eigenvalue weighted by Gasteiger charge is 2.07. The number of fused-ring (bicyclic) bond motifs is 1. The molecule has 0 saturated heterocycles. The van der Waals surface area contributed by atoms with Crippen LogP contribution in [0.25, 0.3) is 10.8 Å². The Morgan fingerprint density at radius 2 is 2.00 bits per heavy atom. The molecule has 0 amide bonds. The van der Waals surface area contributed by atoms with E-state index in [1.807, 2.05) is 6.07 Å². The molecule has 2 N–H and O–H groups in total. The molecule has 2 aromatic carbocycles. The minimum absolute atomic E-state index is 0.301. The summed E-state index contributed by atoms with van der Waals surface area (Å²) in [5, 5.41) is 9.68. The number of nitrogens with two attached hydrogens (primary N) is 1. The van der Waals surface area contributed by atoms with Crippen molar-refractivity contribution in [2.24, 2.45) is 0 Å². The fourth-order valence-electron chi connectivity index (χ4n) is 1.48. The van der Waals surface area contributed by atoms with Crippen molar-refractivity contribution < 1.29 is 4.39 Å². The molecule has 2 rings (SSSR count). The van der Waals surface area contributed by atoms with Crippen molar-refractivity contribution in [2.75, 3.05) is 5.73 Å². The third-order valence-electron chi connectivity index (χ3n) is 2.14. The van der Waals surface area contributed by atoms with Gasteiger partial charge in [0.05, 0.1) is 11.6 Å². The molecule has 0 saturated carbocycles. The fourth-order valence-corrected chi connectivity index (χ4v) is 1.48. The Bertz CT molecular complexity index is 541. The van der Waals surface area contributed by atoms with Crippen LogP contribution in [0.2, 0.25) is 0 Å². The molecule has 0 radical (unpaired) electrons. The maximum Gasteiger partial charge on any atom is 0.132 e. The monoisotopic (exact) mass is 186 g/mol. The molecule has 0 bridgehead atoms. The summed E-state index contributed by atoms with van der Waals surface area (Å²) in [5.41, 5.74) is 6.47. The van der Waals surface area contributed by atoms with Crippen molar-refractivity contribution in [3.05, 3.63) is 41.7 Å². The molecule has 0 aliphatic carbocycles. The van der Waals surface area contributed by atoms with Gasteiger partial charge in [-0.2, -0.15) is 5.26 Å². The lowest BCUT2D eigenvalue weighted by Crippen LogP contribution is -1.91. The molecule has 14 heavy (non-hydrogen) atoms. The van der Waals surface area contributed by atoms with Gasteiger partial charge in [0, 0.05) is 16.5 Å². The van der Waals surface area contributed by atoms with Crippen LogP contribution in [0.1, 0.15) is 5.56 Å². The van der Waals surface area contributed by atoms with E-state index in [0.29, 0.717) is 22.0 Å². The van der Waals surface area contributed by atoms with Gasteiger partial charge in [-0.1, -0.05) is 12.1 Å². The SMILES string of the molecule is N#Cc1ccc(N)c2cccc(F)c12. The number of nitrogens with zero attached hydrogens (tertiary/aromatic N) is 1. The molecule has 0 fully saturated rings. The molecule has 0 spiro atoms. The summed E-state index contributed by atoms with van der Waals surface area (Å²) in [6, 6.07) is 9.69. The van der Waals surface area contributed by atoms with Gasteiger partial charge in [-0.25, -0.2) is 4.39 Å². The number of rotatable bonds is 0. The number of hydrogen-bond acceptors (Lipinski definition) is 2. The largest absolute Gasteiger partial charge is 0.398 e. The van der Waals surface area contributed by atoms with E-state index in [1.54, 1.807) is 18.2 Å². The van der Waals surface area contributed by atoms with Crippen LogP contribution in [-0.2, 0) is 0 Å². The summed E-state index contributed by atoms with van der Waals surface area (Å²) in [7, 11) is 0. The number of benzene rings is 2. The maximum absolute atomic E-state index is 13.4. The third kappa shape index (κ3) is 1.09. The van der Waals surface area contributed by atoms with Crippen molar-refractivity contribution in [3.63, 3.8) is 0 Å². The molecule has 2 aromatic rings. The number of halogens is 1. The summed E-state index contributed by atoms with van der Waals surface area (Å²) >= 11 is 0. The summed E-state index contributed by atoms with van der Waals surface area (Å²) in [4.78, 5) is 0. The zero-order valence-corrected chi connectivity index (χ0v) is 7.29. The highest BCUT2D eigenvalue weighted by Crippen LogP contribution is 2.26. The Hall–Kier alpha value is -2.08. The van der Waals surface area contributed by atoms with Gasteiger partial charge in [0.2, 0.25) is 0 Å². The number of anilines is 1. The van der Waals surface area contributed by atoms with E-state index in [-0.39, 0.29) is 0 Å². The van der Waals surface area contributed by atoms with Gasteiger partial charge in [-0.15, -0.1) is 0 Å². The Kier molecular flexibility index (Phi) is 1.83. The first-order chi connectivity index (χ1) is 6.74. The lowest BCUT2D eigenvalue weighted by atomic mass is 10.0. The molecule has 0 atom stereocenters. The molecule has 3 heteroatoms. The quantitative estimate of drug-likeness (QED) is 0.642. The van der Waals surface area contributed by atoms with E-state index in [0.717, 1.165) is 0 Å². The van der Waals surface area contributed by atoms with Gasteiger partial charge in [0.1, 0.15) is 5.82 Å². The van der Waals surface area contributed by atoms with Crippen LogP contribution >= 0.6 is 0 Å². The van der Waals surface area contributed by atoms with Crippen molar-refractivity contribution in [3.8, 4) is 6.07 Å². The summed E-state index contributed by atoms with van der Waals surface area (Å²) < 4.78 is 13.4. The van der Waals surface area contributed by atoms with E-state index in [1.165, 1.54) is 12.1 Å². The second-order valence-corrected chi connectivity index (χ2v) is 2.98. The van der Waals surface area contributed by atoms with E-state index in [4.69, 9.17) is 11.0 Å². The summed E-state index contributed by atoms with van der Waals surface area (Å²) in [5.74, 6) is -0.411. The third-order valence-corrected chi connectivity index (χ3v) is 2.14. The van der Waals surface area contributed by atoms with Crippen LogP contribution in [-0.4, -0.2) is 0 Å². The van der Waals surface area contributed by atoms with Gasteiger partial charge in [0.25, 0.3) is 0 Å². The highest BCUT2D eigenvalue weighted by atomic mass is 19.1. The second-order valence-electron chi connectivity index (χ2n) is 2.98. The Morgan fingerprint density at radius 1 is 1.21 bits per heavy atom. The van der Waals surface area contributed by atoms with Crippen LogP contribution in [0.5, 0.6) is 0 Å². The maximum atomic E-state index is 13.4. The summed E-state index contributed by atoms with van der Waals surface area (Å²) in [6.45, 7) is 0. The van der Waals surface area contributed by atoms with Crippen molar-refractivity contribution in [1.29, 1.82) is 5.26 Å². The Balaban J connectivity index is 3.01. The smallest absolute Gasteiger partial charge is 0.132 e. The molecule has 0 aliphatic rings. The molecular weight excluding hydrogens is 179 g/mol. The van der Waals surface area contributed by atoms with E-state index in [2.05, 4.69) is 0 Å². The van der Waals surface area contributed by atoms with E-state index in [9.17, 15) is 4.39 Å². The van der Waals surface area contributed by atoms with Crippen LogP contribution in [0.4, 0.5) is 10.1 Å². The molecule has 68 valence electrons. The molecule has 0 unspecified atom stereocenters. The van der Waals surface area contributed by atoms with Crippen LogP contribution in [0.3, 0.4) is 0 Å². The first-order valence-corrected chi connectivity index (χ1v) is 4.11. The van der Waals surface area contributed by atoms with Crippen LogP contribution in [0, 0.1) is 17.1 Å². The van der Waals surface area contributed by atoms with Gasteiger partial charge in [-0.05, 0) is 18.2 Å². The lowest BCUT2D eigenvalue weighted by molar-refractivity contribution is 0.639. The first-order valence-electron chi connectivity index (χ1n) is 4.11. The number of hydrogen-bond donors (Lipinski definition) is 1. The van der Waals surface area contributed by atoms with E-state index < -0.39 is 5.82 Å². The average Bonchev–Trinajstić information content (AvgIpc) is 2.20. The summed E-state index contributed by atoms with van der Waals surface area (Å²) in [6.07, 6.45) is 0. The van der Waals surface area contributed by atoms with Crippen molar-refractivity contribution >= 4 is 16.5 Å². The van der Waals surface area contributed by atoms with Gasteiger partial charge < -0.3 is 5.73 Å². The zero-order valence-electron chi connectivity index (χ0n) is 7.29. The predicted molar refractivity (Wildman–Crippen MR) is 53.0 cm³/mol. The zero-order chi connectivity index (χ0) is 10.1. The highest BCUT2D eigenvalue weighted by molar-refractivity contribution is 5.96. The molecule has 0 heterocycles. The minimum Gasteiger partial charge on any atom is -0.398 e. The standard InChI is InChI=1S/C11H7FN2/c12-9-3-1-2-8-10(14)5-4-7(6-13)11(8)9/h1-5H,14H2. The molecule has 2 nitrogen and oxygen atoms in total. The molecule has 0 aromatic heterocycles. The topological polar surface area (TPSA) is 49.8 Å². The van der Waals surface area contributed by atoms with Crippen LogP contribution in [0.15, 0.2) is 30.3 Å². The van der Waals surface area contributed by atoms with Crippen molar-refractivity contribution in [1.82, 2.24) is 0 Å². The fraction of sp³-hybridized carbons (Fsp3) is 0. The minimum atomic E-state index is -0.411. The molecular formula is C11H7FN2.